The summed E-state index contributed by atoms with van der Waals surface area (Å²) in [5.41, 5.74) is 2.59. The van der Waals surface area contributed by atoms with Gasteiger partial charge in [0, 0.05) is 24.2 Å². The molecule has 140 valence electrons. The number of rotatable bonds is 4. The Kier molecular flexibility index (Phi) is 5.09. The van der Waals surface area contributed by atoms with E-state index in [1.54, 1.807) is 6.07 Å². The number of fused-ring (bicyclic) bond motifs is 1. The third-order valence-corrected chi connectivity index (χ3v) is 4.64. The summed E-state index contributed by atoms with van der Waals surface area (Å²) in [4.78, 5) is 11.9. The standard InChI is InChI=1S/C19H21F3N2O2/c1-12-9-15-16(23-18(25)11-26-2)7-4-8-17(15)24(12)14-6-3-5-13(10-14)19(20,21)22/h3,5-6,9-10,16H,4,7-8,11H2,1-2H3,(H,23,25)/t16-/m1/s1. The van der Waals surface area contributed by atoms with E-state index < -0.39 is 11.7 Å². The Hall–Kier alpha value is -2.28. The van der Waals surface area contributed by atoms with Crippen LogP contribution in [-0.4, -0.2) is 24.2 Å². The van der Waals surface area contributed by atoms with Gasteiger partial charge in [-0.1, -0.05) is 6.07 Å². The summed E-state index contributed by atoms with van der Waals surface area (Å²) < 4.78 is 45.9. The van der Waals surface area contributed by atoms with Crippen molar-refractivity contribution >= 4 is 5.91 Å². The summed E-state index contributed by atoms with van der Waals surface area (Å²) in [5.74, 6) is -0.199. The van der Waals surface area contributed by atoms with Crippen molar-refractivity contribution in [2.45, 2.75) is 38.4 Å². The fraction of sp³-hybridized carbons (Fsp3) is 0.421. The number of ether oxygens (including phenoxy) is 1. The van der Waals surface area contributed by atoms with E-state index in [-0.39, 0.29) is 18.6 Å². The first-order valence-electron chi connectivity index (χ1n) is 8.48. The van der Waals surface area contributed by atoms with Gasteiger partial charge < -0.3 is 14.6 Å². The zero-order chi connectivity index (χ0) is 18.9. The predicted octanol–water partition coefficient (Wildman–Crippen LogP) is 3.94. The van der Waals surface area contributed by atoms with E-state index in [2.05, 4.69) is 5.32 Å². The fourth-order valence-electron chi connectivity index (χ4n) is 3.60. The van der Waals surface area contributed by atoms with E-state index >= 15 is 0 Å². The van der Waals surface area contributed by atoms with Crippen LogP contribution < -0.4 is 5.32 Å². The second kappa shape index (κ2) is 7.15. The Morgan fingerprint density at radius 1 is 1.35 bits per heavy atom. The topological polar surface area (TPSA) is 43.3 Å². The summed E-state index contributed by atoms with van der Waals surface area (Å²) in [5, 5.41) is 2.95. The van der Waals surface area contributed by atoms with Gasteiger partial charge in [-0.2, -0.15) is 13.2 Å². The van der Waals surface area contributed by atoms with Crippen molar-refractivity contribution in [3.05, 3.63) is 52.8 Å². The molecule has 1 amide bonds. The molecule has 1 aliphatic rings. The Labute approximate surface area is 150 Å². The van der Waals surface area contributed by atoms with E-state index in [9.17, 15) is 18.0 Å². The minimum atomic E-state index is -4.38. The second-order valence-corrected chi connectivity index (χ2v) is 6.52. The molecule has 1 N–H and O–H groups in total. The van der Waals surface area contributed by atoms with Crippen LogP contribution in [0.3, 0.4) is 0 Å². The molecule has 0 spiro atoms. The molecule has 26 heavy (non-hydrogen) atoms. The summed E-state index contributed by atoms with van der Waals surface area (Å²) in [6.45, 7) is 1.85. The summed E-state index contributed by atoms with van der Waals surface area (Å²) in [6, 6.07) is 7.14. The van der Waals surface area contributed by atoms with Gasteiger partial charge in [-0.15, -0.1) is 0 Å². The molecule has 1 atom stereocenters. The first-order valence-corrected chi connectivity index (χ1v) is 8.48. The van der Waals surface area contributed by atoms with Gasteiger partial charge in [0.2, 0.25) is 5.91 Å². The molecule has 0 radical (unpaired) electrons. The number of nitrogens with one attached hydrogen (secondary N) is 1. The fourth-order valence-corrected chi connectivity index (χ4v) is 3.60. The smallest absolute Gasteiger partial charge is 0.375 e. The average molecular weight is 366 g/mol. The van der Waals surface area contributed by atoms with Crippen molar-refractivity contribution in [1.82, 2.24) is 9.88 Å². The van der Waals surface area contributed by atoms with E-state index in [4.69, 9.17) is 4.74 Å². The van der Waals surface area contributed by atoms with Crippen molar-refractivity contribution in [3.63, 3.8) is 0 Å². The van der Waals surface area contributed by atoms with Crippen molar-refractivity contribution in [2.24, 2.45) is 0 Å². The van der Waals surface area contributed by atoms with Gasteiger partial charge >= 0.3 is 6.18 Å². The number of benzene rings is 1. The molecular weight excluding hydrogens is 345 g/mol. The highest BCUT2D eigenvalue weighted by Crippen LogP contribution is 2.36. The molecule has 0 bridgehead atoms. The number of aryl methyl sites for hydroxylation is 1. The molecule has 0 saturated heterocycles. The molecule has 0 saturated carbocycles. The molecule has 1 aromatic carbocycles. The first kappa shape index (κ1) is 18.5. The van der Waals surface area contributed by atoms with Crippen LogP contribution in [-0.2, 0) is 22.1 Å². The first-order chi connectivity index (χ1) is 12.3. The second-order valence-electron chi connectivity index (χ2n) is 6.52. The summed E-state index contributed by atoms with van der Waals surface area (Å²) in [6.07, 6.45) is -1.97. The van der Waals surface area contributed by atoms with Crippen LogP contribution in [0.4, 0.5) is 13.2 Å². The minimum Gasteiger partial charge on any atom is -0.375 e. The van der Waals surface area contributed by atoms with E-state index in [0.717, 1.165) is 42.3 Å². The number of nitrogens with zero attached hydrogens (tertiary/aromatic N) is 1. The zero-order valence-electron chi connectivity index (χ0n) is 14.7. The molecule has 3 rings (SSSR count). The summed E-state index contributed by atoms with van der Waals surface area (Å²) >= 11 is 0. The van der Waals surface area contributed by atoms with Crippen LogP contribution in [0.1, 0.15) is 41.4 Å². The number of amides is 1. The quantitative estimate of drug-likeness (QED) is 0.891. The van der Waals surface area contributed by atoms with Crippen LogP contribution >= 0.6 is 0 Å². The number of aromatic nitrogens is 1. The maximum Gasteiger partial charge on any atom is 0.416 e. The number of halogens is 3. The number of alkyl halides is 3. The van der Waals surface area contributed by atoms with Gasteiger partial charge in [-0.3, -0.25) is 4.79 Å². The van der Waals surface area contributed by atoms with Crippen molar-refractivity contribution in [2.75, 3.05) is 13.7 Å². The lowest BCUT2D eigenvalue weighted by Gasteiger charge is -2.25. The molecule has 7 heteroatoms. The Morgan fingerprint density at radius 3 is 2.81 bits per heavy atom. The maximum absolute atomic E-state index is 13.1. The SMILES string of the molecule is COCC(=O)N[C@@H]1CCCc2c1cc(C)n2-c1cccc(C(F)(F)F)c1. The van der Waals surface area contributed by atoms with Gasteiger partial charge in [0.25, 0.3) is 0 Å². The van der Waals surface area contributed by atoms with Crippen molar-refractivity contribution < 1.29 is 22.7 Å². The number of methoxy groups -OCH3 is 1. The van der Waals surface area contributed by atoms with Crippen molar-refractivity contribution in [3.8, 4) is 5.69 Å². The number of carbonyl (C=O) groups is 1. The largest absolute Gasteiger partial charge is 0.416 e. The normalized spacial score (nSPS) is 17.0. The predicted molar refractivity (Wildman–Crippen MR) is 91.2 cm³/mol. The highest BCUT2D eigenvalue weighted by molar-refractivity contribution is 5.77. The van der Waals surface area contributed by atoms with Crippen LogP contribution in [0, 0.1) is 6.92 Å². The van der Waals surface area contributed by atoms with E-state index in [1.165, 1.54) is 19.2 Å². The number of hydrogen-bond acceptors (Lipinski definition) is 2. The van der Waals surface area contributed by atoms with Gasteiger partial charge in [0.1, 0.15) is 6.61 Å². The molecule has 1 heterocycles. The third-order valence-electron chi connectivity index (χ3n) is 4.64. The van der Waals surface area contributed by atoms with Gasteiger partial charge in [-0.05, 0) is 56.0 Å². The minimum absolute atomic E-state index is 0.0147. The van der Waals surface area contributed by atoms with Gasteiger partial charge in [0.05, 0.1) is 11.6 Å². The lowest BCUT2D eigenvalue weighted by molar-refractivity contribution is -0.137. The molecule has 2 aromatic rings. The van der Waals surface area contributed by atoms with Gasteiger partial charge in [-0.25, -0.2) is 0 Å². The van der Waals surface area contributed by atoms with Crippen LogP contribution in [0.15, 0.2) is 30.3 Å². The molecule has 1 aliphatic carbocycles. The van der Waals surface area contributed by atoms with Crippen LogP contribution in [0.2, 0.25) is 0 Å². The van der Waals surface area contributed by atoms with E-state index in [1.807, 2.05) is 17.6 Å². The third kappa shape index (κ3) is 3.62. The summed E-state index contributed by atoms with van der Waals surface area (Å²) in [7, 11) is 1.46. The Bertz CT molecular complexity index is 812. The number of hydrogen-bond donors (Lipinski definition) is 1. The molecule has 4 nitrogen and oxygen atoms in total. The Morgan fingerprint density at radius 2 is 2.12 bits per heavy atom. The number of carbonyl (C=O) groups excluding carboxylic acids is 1. The highest BCUT2D eigenvalue weighted by Gasteiger charge is 2.31. The molecule has 1 aromatic heterocycles. The van der Waals surface area contributed by atoms with Gasteiger partial charge in [0.15, 0.2) is 0 Å². The molecule has 0 unspecified atom stereocenters. The molecular formula is C19H21F3N2O2. The highest BCUT2D eigenvalue weighted by atomic mass is 19.4. The lowest BCUT2D eigenvalue weighted by Crippen LogP contribution is -2.33. The molecule has 0 aliphatic heterocycles. The van der Waals surface area contributed by atoms with E-state index in [0.29, 0.717) is 5.69 Å². The van der Waals surface area contributed by atoms with Crippen LogP contribution in [0.5, 0.6) is 0 Å². The average Bonchev–Trinajstić information content (AvgIpc) is 2.91. The maximum atomic E-state index is 13.1. The monoisotopic (exact) mass is 366 g/mol. The lowest BCUT2D eigenvalue weighted by atomic mass is 9.92. The zero-order valence-corrected chi connectivity index (χ0v) is 14.7. The Balaban J connectivity index is 1.99. The van der Waals surface area contributed by atoms with Crippen molar-refractivity contribution in [1.29, 1.82) is 0 Å². The van der Waals surface area contributed by atoms with Crippen LogP contribution in [0.25, 0.3) is 5.69 Å². The molecule has 0 fully saturated rings.